The van der Waals surface area contributed by atoms with Gasteiger partial charge in [-0.2, -0.15) is 0 Å². The number of benzene rings is 1. The van der Waals surface area contributed by atoms with E-state index in [1.807, 2.05) is 30.9 Å². The number of amides is 1. The van der Waals surface area contributed by atoms with E-state index in [-0.39, 0.29) is 30.3 Å². The fourth-order valence-electron chi connectivity index (χ4n) is 4.30. The quantitative estimate of drug-likeness (QED) is 0.818. The molecule has 1 aliphatic heterocycles. The fraction of sp³-hybridized carbons (Fsp3) is 0.632. The first kappa shape index (κ1) is 20.5. The number of piperidine rings is 1. The monoisotopic (exact) mass is 386 g/mol. The van der Waals surface area contributed by atoms with Crippen molar-refractivity contribution in [3.05, 3.63) is 34.9 Å². The lowest BCUT2D eigenvalue weighted by Gasteiger charge is -2.51. The van der Waals surface area contributed by atoms with E-state index in [1.165, 1.54) is 0 Å². The van der Waals surface area contributed by atoms with Crippen molar-refractivity contribution in [1.82, 2.24) is 4.90 Å². The van der Waals surface area contributed by atoms with Crippen molar-refractivity contribution in [2.45, 2.75) is 51.2 Å². The van der Waals surface area contributed by atoms with Gasteiger partial charge in [0.25, 0.3) is 0 Å². The molecule has 6 heteroatoms. The molecule has 1 aliphatic carbocycles. The Morgan fingerprint density at radius 1 is 1.28 bits per heavy atom. The van der Waals surface area contributed by atoms with Crippen molar-refractivity contribution < 1.29 is 9.90 Å². The van der Waals surface area contributed by atoms with E-state index in [1.54, 1.807) is 12.1 Å². The Hall–Kier alpha value is -0.810. The summed E-state index contributed by atoms with van der Waals surface area (Å²) in [5.41, 5.74) is 5.55. The maximum atomic E-state index is 12.8. The van der Waals surface area contributed by atoms with Crippen LogP contribution in [0.1, 0.15) is 45.1 Å². The molecule has 2 fully saturated rings. The molecule has 25 heavy (non-hydrogen) atoms. The lowest BCUT2D eigenvalue weighted by atomic mass is 9.66. The van der Waals surface area contributed by atoms with Gasteiger partial charge in [0.2, 0.25) is 5.91 Å². The van der Waals surface area contributed by atoms with Crippen LogP contribution in [0.3, 0.4) is 0 Å². The number of carbonyl (C=O) groups is 1. The molecule has 0 aromatic heterocycles. The third kappa shape index (κ3) is 3.68. The third-order valence-corrected chi connectivity index (χ3v) is 6.22. The lowest BCUT2D eigenvalue weighted by Crippen LogP contribution is -2.58. The Kier molecular flexibility index (Phi) is 6.10. The molecule has 2 aliphatic rings. The zero-order valence-corrected chi connectivity index (χ0v) is 16.4. The predicted octanol–water partition coefficient (Wildman–Crippen LogP) is 3.34. The van der Waals surface area contributed by atoms with Crippen LogP contribution < -0.4 is 5.73 Å². The van der Waals surface area contributed by atoms with E-state index in [0.717, 1.165) is 24.8 Å². The standard InChI is InChI=1S/C19H27ClN2O2.ClH/c1-18(2)12-22(17(23)15-4-3-5-16(15)21)11-10-19(18,24)13-6-8-14(20)9-7-13;/h6-9,15-16,24H,3-5,10-12,21H2,1-2H3;1H/t15-,16+,19?;/m0./s1. The minimum Gasteiger partial charge on any atom is -0.384 e. The van der Waals surface area contributed by atoms with Gasteiger partial charge in [-0.05, 0) is 37.0 Å². The third-order valence-electron chi connectivity index (χ3n) is 5.97. The summed E-state index contributed by atoms with van der Waals surface area (Å²) in [5, 5.41) is 12.0. The highest BCUT2D eigenvalue weighted by atomic mass is 35.5. The molecule has 3 rings (SSSR count). The summed E-state index contributed by atoms with van der Waals surface area (Å²) in [6.07, 6.45) is 3.37. The number of hydrogen-bond acceptors (Lipinski definition) is 3. The van der Waals surface area contributed by atoms with E-state index in [2.05, 4.69) is 0 Å². The van der Waals surface area contributed by atoms with Crippen molar-refractivity contribution in [1.29, 1.82) is 0 Å². The first-order chi connectivity index (χ1) is 11.2. The van der Waals surface area contributed by atoms with Crippen LogP contribution in [0.25, 0.3) is 0 Å². The van der Waals surface area contributed by atoms with Crippen LogP contribution in [0.4, 0.5) is 0 Å². The van der Waals surface area contributed by atoms with E-state index in [9.17, 15) is 9.90 Å². The summed E-state index contributed by atoms with van der Waals surface area (Å²) in [7, 11) is 0. The van der Waals surface area contributed by atoms with Gasteiger partial charge in [0.15, 0.2) is 0 Å². The minimum atomic E-state index is -0.966. The maximum Gasteiger partial charge on any atom is 0.227 e. The van der Waals surface area contributed by atoms with Gasteiger partial charge in [0, 0.05) is 29.6 Å². The highest BCUT2D eigenvalue weighted by Gasteiger charge is 2.50. The number of aliphatic hydroxyl groups is 1. The van der Waals surface area contributed by atoms with Gasteiger partial charge >= 0.3 is 0 Å². The van der Waals surface area contributed by atoms with Crippen molar-refractivity contribution >= 4 is 29.9 Å². The van der Waals surface area contributed by atoms with Crippen LogP contribution in [0.15, 0.2) is 24.3 Å². The first-order valence-electron chi connectivity index (χ1n) is 8.77. The number of likely N-dealkylation sites (tertiary alicyclic amines) is 1. The zero-order valence-electron chi connectivity index (χ0n) is 14.9. The molecular weight excluding hydrogens is 359 g/mol. The molecule has 3 N–H and O–H groups in total. The van der Waals surface area contributed by atoms with Crippen LogP contribution in [0, 0.1) is 11.3 Å². The van der Waals surface area contributed by atoms with Crippen molar-refractivity contribution in [3.8, 4) is 0 Å². The Labute approximate surface area is 161 Å². The first-order valence-corrected chi connectivity index (χ1v) is 9.15. The molecule has 1 saturated carbocycles. The molecule has 1 amide bonds. The van der Waals surface area contributed by atoms with Gasteiger partial charge in [-0.3, -0.25) is 4.79 Å². The Bertz CT molecular complexity index is 620. The summed E-state index contributed by atoms with van der Waals surface area (Å²) in [4.78, 5) is 14.7. The molecule has 1 aromatic carbocycles. The highest BCUT2D eigenvalue weighted by Crippen LogP contribution is 2.46. The van der Waals surface area contributed by atoms with Crippen LogP contribution >= 0.6 is 24.0 Å². The number of halogens is 2. The summed E-state index contributed by atoms with van der Waals surface area (Å²) in [6, 6.07) is 7.36. The number of nitrogens with zero attached hydrogens (tertiary/aromatic N) is 1. The summed E-state index contributed by atoms with van der Waals surface area (Å²) in [6.45, 7) is 5.14. The van der Waals surface area contributed by atoms with Gasteiger partial charge in [0.1, 0.15) is 0 Å². The molecular formula is C19H28Cl2N2O2. The molecule has 0 radical (unpaired) electrons. The molecule has 3 atom stereocenters. The van der Waals surface area contributed by atoms with Crippen molar-refractivity contribution in [2.24, 2.45) is 17.1 Å². The molecule has 1 saturated heterocycles. The highest BCUT2D eigenvalue weighted by molar-refractivity contribution is 6.30. The van der Waals surface area contributed by atoms with Gasteiger partial charge in [0.05, 0.1) is 11.5 Å². The lowest BCUT2D eigenvalue weighted by molar-refractivity contribution is -0.156. The second-order valence-electron chi connectivity index (χ2n) is 7.96. The van der Waals surface area contributed by atoms with Crippen molar-refractivity contribution in [3.63, 3.8) is 0 Å². The summed E-state index contributed by atoms with van der Waals surface area (Å²) >= 11 is 5.97. The number of nitrogens with two attached hydrogens (primary N) is 1. The predicted molar refractivity (Wildman–Crippen MR) is 103 cm³/mol. The Morgan fingerprint density at radius 2 is 1.92 bits per heavy atom. The number of hydrogen-bond donors (Lipinski definition) is 2. The average Bonchev–Trinajstić information content (AvgIpc) is 2.96. The van der Waals surface area contributed by atoms with Gasteiger partial charge in [-0.25, -0.2) is 0 Å². The van der Waals surface area contributed by atoms with Crippen LogP contribution in [0.5, 0.6) is 0 Å². The van der Waals surface area contributed by atoms with Gasteiger partial charge < -0.3 is 15.7 Å². The second-order valence-corrected chi connectivity index (χ2v) is 8.40. The van der Waals surface area contributed by atoms with E-state index in [0.29, 0.717) is 24.5 Å². The number of carbonyl (C=O) groups excluding carboxylic acids is 1. The maximum absolute atomic E-state index is 12.8. The van der Waals surface area contributed by atoms with Crippen LogP contribution in [0.2, 0.25) is 5.02 Å². The average molecular weight is 387 g/mol. The molecule has 0 bridgehead atoms. The van der Waals surface area contributed by atoms with Crippen molar-refractivity contribution in [2.75, 3.05) is 13.1 Å². The fourth-order valence-corrected chi connectivity index (χ4v) is 4.43. The molecule has 4 nitrogen and oxygen atoms in total. The molecule has 140 valence electrons. The second kappa shape index (κ2) is 7.43. The van der Waals surface area contributed by atoms with E-state index in [4.69, 9.17) is 17.3 Å². The Balaban J connectivity index is 0.00000225. The van der Waals surface area contributed by atoms with E-state index >= 15 is 0 Å². The number of rotatable bonds is 2. The zero-order chi connectivity index (χ0) is 17.5. The topological polar surface area (TPSA) is 66.6 Å². The van der Waals surface area contributed by atoms with Gasteiger partial charge in [-0.15, -0.1) is 12.4 Å². The van der Waals surface area contributed by atoms with Crippen LogP contribution in [-0.2, 0) is 10.4 Å². The summed E-state index contributed by atoms with van der Waals surface area (Å²) < 4.78 is 0. The molecule has 0 spiro atoms. The summed E-state index contributed by atoms with van der Waals surface area (Å²) in [5.74, 6) is 0.105. The normalized spacial score (nSPS) is 31.5. The molecule has 1 aromatic rings. The van der Waals surface area contributed by atoms with Crippen LogP contribution in [-0.4, -0.2) is 35.0 Å². The molecule has 1 unspecified atom stereocenters. The SMILES string of the molecule is CC1(C)CN(C(=O)[C@H]2CCC[C@H]2N)CCC1(O)c1ccc(Cl)cc1.Cl. The van der Waals surface area contributed by atoms with Gasteiger partial charge in [-0.1, -0.05) is 44.0 Å². The molecule has 1 heterocycles. The van der Waals surface area contributed by atoms with E-state index < -0.39 is 11.0 Å². The minimum absolute atomic E-state index is 0. The smallest absolute Gasteiger partial charge is 0.227 e. The largest absolute Gasteiger partial charge is 0.384 e. The Morgan fingerprint density at radius 3 is 2.44 bits per heavy atom.